The van der Waals surface area contributed by atoms with Crippen LogP contribution in [0.25, 0.3) is 11.3 Å². The minimum atomic E-state index is -4.73. The third-order valence-electron chi connectivity index (χ3n) is 2.85. The van der Waals surface area contributed by atoms with E-state index < -0.39 is 29.4 Å². The lowest BCUT2D eigenvalue weighted by Gasteiger charge is -2.13. The van der Waals surface area contributed by atoms with E-state index in [-0.39, 0.29) is 11.3 Å². The molecule has 0 amide bonds. The second kappa shape index (κ2) is 5.51. The van der Waals surface area contributed by atoms with Crippen LogP contribution in [0.4, 0.5) is 26.3 Å². The number of benzene rings is 1. The predicted octanol–water partition coefficient (Wildman–Crippen LogP) is 4.79. The molecule has 118 valence electrons. The highest BCUT2D eigenvalue weighted by atomic mass is 19.4. The van der Waals surface area contributed by atoms with Crippen molar-refractivity contribution in [2.45, 2.75) is 12.4 Å². The molecule has 0 fully saturated rings. The van der Waals surface area contributed by atoms with E-state index in [4.69, 9.17) is 0 Å². The quantitative estimate of drug-likeness (QED) is 0.742. The van der Waals surface area contributed by atoms with E-state index in [1.807, 2.05) is 0 Å². The number of ether oxygens (including phenoxy) is 1. The van der Waals surface area contributed by atoms with Crippen molar-refractivity contribution < 1.29 is 31.1 Å². The van der Waals surface area contributed by atoms with Crippen molar-refractivity contribution in [3.63, 3.8) is 0 Å². The van der Waals surface area contributed by atoms with Gasteiger partial charge >= 0.3 is 12.4 Å². The zero-order chi connectivity index (χ0) is 16.5. The van der Waals surface area contributed by atoms with Gasteiger partial charge in [0.2, 0.25) is 0 Å². The van der Waals surface area contributed by atoms with Gasteiger partial charge in [0, 0.05) is 5.56 Å². The Morgan fingerprint density at radius 3 is 1.86 bits per heavy atom. The Bertz CT molecular complexity index is 661. The molecule has 0 spiro atoms. The molecule has 0 atom stereocenters. The molecule has 0 aliphatic heterocycles. The monoisotopic (exact) mass is 321 g/mol. The molecule has 0 unspecified atom stereocenters. The molecule has 2 aromatic rings. The fourth-order valence-corrected chi connectivity index (χ4v) is 1.80. The van der Waals surface area contributed by atoms with Crippen LogP contribution in [0.1, 0.15) is 11.3 Å². The smallest absolute Gasteiger partial charge is 0.437 e. The normalized spacial score (nSPS) is 12.3. The van der Waals surface area contributed by atoms with Gasteiger partial charge in [0.15, 0.2) is 5.69 Å². The van der Waals surface area contributed by atoms with E-state index in [2.05, 4.69) is 9.72 Å². The summed E-state index contributed by atoms with van der Waals surface area (Å²) in [6.45, 7) is 0. The number of methoxy groups -OCH3 is 1. The Morgan fingerprint density at radius 2 is 1.41 bits per heavy atom. The Labute approximate surface area is 121 Å². The van der Waals surface area contributed by atoms with Gasteiger partial charge in [0.05, 0.1) is 18.4 Å². The maximum absolute atomic E-state index is 12.9. The van der Waals surface area contributed by atoms with Crippen LogP contribution in [0.5, 0.6) is 5.75 Å². The van der Waals surface area contributed by atoms with Crippen molar-refractivity contribution in [2.75, 3.05) is 7.11 Å². The lowest BCUT2D eigenvalue weighted by atomic mass is 10.1. The highest BCUT2D eigenvalue weighted by Crippen LogP contribution is 2.36. The van der Waals surface area contributed by atoms with E-state index in [0.717, 1.165) is 37.4 Å². The summed E-state index contributed by atoms with van der Waals surface area (Å²) in [6, 6.07) is 6.03. The van der Waals surface area contributed by atoms with E-state index >= 15 is 0 Å². The summed E-state index contributed by atoms with van der Waals surface area (Å²) in [5.74, 6) is -0.455. The SMILES string of the molecule is COc1ccc(-c2ccc(C(F)(F)F)cc2)nc1C(F)(F)F. The molecular formula is C14H9F6NO. The highest BCUT2D eigenvalue weighted by molar-refractivity contribution is 5.61. The first-order valence-electron chi connectivity index (χ1n) is 5.93. The topological polar surface area (TPSA) is 22.1 Å². The van der Waals surface area contributed by atoms with Gasteiger partial charge in [0.25, 0.3) is 0 Å². The first-order chi connectivity index (χ1) is 10.1. The molecule has 0 aliphatic rings. The summed E-state index contributed by atoms with van der Waals surface area (Å²) in [7, 11) is 1.07. The first kappa shape index (κ1) is 16.1. The van der Waals surface area contributed by atoms with Crippen LogP contribution in [0.15, 0.2) is 36.4 Å². The molecule has 0 saturated heterocycles. The highest BCUT2D eigenvalue weighted by Gasteiger charge is 2.37. The first-order valence-corrected chi connectivity index (χ1v) is 5.93. The van der Waals surface area contributed by atoms with Gasteiger partial charge in [-0.05, 0) is 24.3 Å². The molecule has 8 heteroatoms. The number of nitrogens with zero attached hydrogens (tertiary/aromatic N) is 1. The van der Waals surface area contributed by atoms with Crippen molar-refractivity contribution in [1.82, 2.24) is 4.98 Å². The summed E-state index contributed by atoms with van der Waals surface area (Å²) >= 11 is 0. The van der Waals surface area contributed by atoms with Crippen LogP contribution in [0.3, 0.4) is 0 Å². The third kappa shape index (κ3) is 3.32. The van der Waals surface area contributed by atoms with Crippen LogP contribution < -0.4 is 4.74 Å². The molecule has 0 saturated carbocycles. The summed E-state index contributed by atoms with van der Waals surface area (Å²) < 4.78 is 80.6. The summed E-state index contributed by atoms with van der Waals surface area (Å²) in [4.78, 5) is 3.45. The lowest BCUT2D eigenvalue weighted by molar-refractivity contribution is -0.142. The second-order valence-corrected chi connectivity index (χ2v) is 4.32. The van der Waals surface area contributed by atoms with Gasteiger partial charge in [-0.2, -0.15) is 26.3 Å². The molecule has 0 radical (unpaired) electrons. The Morgan fingerprint density at radius 1 is 0.818 bits per heavy atom. The third-order valence-corrected chi connectivity index (χ3v) is 2.85. The number of hydrogen-bond acceptors (Lipinski definition) is 2. The van der Waals surface area contributed by atoms with Gasteiger partial charge in [-0.3, -0.25) is 0 Å². The largest absolute Gasteiger partial charge is 0.494 e. The fraction of sp³-hybridized carbons (Fsp3) is 0.214. The van der Waals surface area contributed by atoms with Crippen molar-refractivity contribution in [3.8, 4) is 17.0 Å². The number of hydrogen-bond donors (Lipinski definition) is 0. The summed E-state index contributed by atoms with van der Waals surface area (Å²) in [6.07, 6.45) is -9.24. The number of rotatable bonds is 2. The van der Waals surface area contributed by atoms with Crippen molar-refractivity contribution >= 4 is 0 Å². The van der Waals surface area contributed by atoms with Gasteiger partial charge < -0.3 is 4.74 Å². The zero-order valence-electron chi connectivity index (χ0n) is 11.1. The number of alkyl halides is 6. The molecule has 1 heterocycles. The zero-order valence-corrected chi connectivity index (χ0v) is 11.1. The van der Waals surface area contributed by atoms with Crippen LogP contribution in [-0.2, 0) is 12.4 Å². The molecule has 1 aromatic carbocycles. The molecule has 22 heavy (non-hydrogen) atoms. The van der Waals surface area contributed by atoms with Gasteiger partial charge in [-0.25, -0.2) is 4.98 Å². The second-order valence-electron chi connectivity index (χ2n) is 4.32. The van der Waals surface area contributed by atoms with Crippen molar-refractivity contribution in [1.29, 1.82) is 0 Å². The van der Waals surface area contributed by atoms with Crippen LogP contribution >= 0.6 is 0 Å². The Kier molecular flexibility index (Phi) is 4.04. The molecule has 2 nitrogen and oxygen atoms in total. The molecular weight excluding hydrogens is 312 g/mol. The lowest BCUT2D eigenvalue weighted by Crippen LogP contribution is -2.11. The Hall–Kier alpha value is -2.25. The average molecular weight is 321 g/mol. The van der Waals surface area contributed by atoms with E-state index in [9.17, 15) is 26.3 Å². The van der Waals surface area contributed by atoms with E-state index in [1.54, 1.807) is 0 Å². The maximum Gasteiger partial charge on any atom is 0.437 e. The number of halogens is 6. The molecule has 0 aliphatic carbocycles. The summed E-state index contributed by atoms with van der Waals surface area (Å²) in [5, 5.41) is 0. The minimum Gasteiger partial charge on any atom is -0.494 e. The minimum absolute atomic E-state index is 0.0955. The standard InChI is InChI=1S/C14H9F6NO/c1-22-11-7-6-10(21-12(11)14(18,19)20)8-2-4-9(5-3-8)13(15,16)17/h2-7H,1H3. The Balaban J connectivity index is 2.45. The van der Waals surface area contributed by atoms with E-state index in [1.165, 1.54) is 6.07 Å². The van der Waals surface area contributed by atoms with Gasteiger partial charge in [-0.15, -0.1) is 0 Å². The molecule has 0 bridgehead atoms. The predicted molar refractivity (Wildman–Crippen MR) is 66.2 cm³/mol. The van der Waals surface area contributed by atoms with E-state index in [0.29, 0.717) is 0 Å². The van der Waals surface area contributed by atoms with Crippen LogP contribution in [0.2, 0.25) is 0 Å². The summed E-state index contributed by atoms with van der Waals surface area (Å²) in [5.41, 5.74) is -2.07. The van der Waals surface area contributed by atoms with Gasteiger partial charge in [0.1, 0.15) is 5.75 Å². The average Bonchev–Trinajstić information content (AvgIpc) is 2.45. The van der Waals surface area contributed by atoms with Gasteiger partial charge in [-0.1, -0.05) is 12.1 Å². The van der Waals surface area contributed by atoms with Crippen LogP contribution in [0, 0.1) is 0 Å². The molecule has 2 rings (SSSR count). The molecule has 0 N–H and O–H groups in total. The van der Waals surface area contributed by atoms with Crippen molar-refractivity contribution in [2.24, 2.45) is 0 Å². The number of pyridine rings is 1. The molecule has 1 aromatic heterocycles. The number of aromatic nitrogens is 1. The van der Waals surface area contributed by atoms with Crippen molar-refractivity contribution in [3.05, 3.63) is 47.7 Å². The van der Waals surface area contributed by atoms with Crippen LogP contribution in [-0.4, -0.2) is 12.1 Å². The maximum atomic E-state index is 12.9. The fourth-order valence-electron chi connectivity index (χ4n) is 1.80.